The number of halogens is 1. The molecular formula is C7H14ClN. The van der Waals surface area contributed by atoms with Crippen molar-refractivity contribution in [3.8, 4) is 0 Å². The van der Waals surface area contributed by atoms with Crippen LogP contribution >= 0.6 is 11.6 Å². The molecule has 0 N–H and O–H groups in total. The molecule has 0 spiro atoms. The summed E-state index contributed by atoms with van der Waals surface area (Å²) in [5.41, 5.74) is 0. The summed E-state index contributed by atoms with van der Waals surface area (Å²) in [6.45, 7) is 2.94. The molecule has 0 saturated heterocycles. The second-order valence-electron chi connectivity index (χ2n) is 2.30. The molecule has 9 heavy (non-hydrogen) atoms. The van der Waals surface area contributed by atoms with Crippen LogP contribution < -0.4 is 0 Å². The first-order valence-electron chi connectivity index (χ1n) is 3.16. The molecule has 0 aromatic carbocycles. The van der Waals surface area contributed by atoms with E-state index in [1.54, 1.807) is 0 Å². The molecule has 0 rings (SSSR count). The summed E-state index contributed by atoms with van der Waals surface area (Å²) in [6, 6.07) is 0. The van der Waals surface area contributed by atoms with E-state index < -0.39 is 0 Å². The standard InChI is InChI=1S/C7H14ClN/c1-4-5-7(8)6-9(2)3/h5H,4,6H2,1-3H3/b7-5-. The molecule has 0 aliphatic carbocycles. The van der Waals surface area contributed by atoms with Crippen LogP contribution in [-0.4, -0.2) is 25.5 Å². The van der Waals surface area contributed by atoms with E-state index in [9.17, 15) is 0 Å². The first-order chi connectivity index (χ1) is 4.16. The molecule has 0 unspecified atom stereocenters. The van der Waals surface area contributed by atoms with E-state index in [2.05, 4.69) is 11.8 Å². The van der Waals surface area contributed by atoms with Crippen LogP contribution in [0.4, 0.5) is 0 Å². The van der Waals surface area contributed by atoms with Crippen molar-refractivity contribution in [3.63, 3.8) is 0 Å². The Bertz CT molecular complexity index is 97.1. The summed E-state index contributed by atoms with van der Waals surface area (Å²) in [4.78, 5) is 2.05. The predicted octanol–water partition coefficient (Wildman–Crippen LogP) is 2.08. The predicted molar refractivity (Wildman–Crippen MR) is 42.8 cm³/mol. The Morgan fingerprint density at radius 2 is 2.11 bits per heavy atom. The Hall–Kier alpha value is -0.0100. The molecule has 0 heterocycles. The van der Waals surface area contributed by atoms with Crippen molar-refractivity contribution < 1.29 is 0 Å². The average molecular weight is 148 g/mol. The molecular weight excluding hydrogens is 134 g/mol. The lowest BCUT2D eigenvalue weighted by molar-refractivity contribution is 0.452. The maximum Gasteiger partial charge on any atom is 0.0332 e. The monoisotopic (exact) mass is 147 g/mol. The van der Waals surface area contributed by atoms with Gasteiger partial charge in [0.05, 0.1) is 0 Å². The minimum atomic E-state index is 0.857. The van der Waals surface area contributed by atoms with Crippen molar-refractivity contribution in [3.05, 3.63) is 11.1 Å². The third kappa shape index (κ3) is 5.87. The molecule has 0 aliphatic heterocycles. The smallest absolute Gasteiger partial charge is 0.0332 e. The Labute approximate surface area is 62.3 Å². The van der Waals surface area contributed by atoms with Gasteiger partial charge in [-0.15, -0.1) is 0 Å². The van der Waals surface area contributed by atoms with Crippen molar-refractivity contribution in [1.82, 2.24) is 4.90 Å². The second kappa shape index (κ2) is 4.83. The number of hydrogen-bond acceptors (Lipinski definition) is 1. The number of hydrogen-bond donors (Lipinski definition) is 0. The third-order valence-corrected chi connectivity index (χ3v) is 1.17. The minimum Gasteiger partial charge on any atom is -0.304 e. The third-order valence-electron chi connectivity index (χ3n) is 0.893. The highest BCUT2D eigenvalue weighted by molar-refractivity contribution is 6.29. The lowest BCUT2D eigenvalue weighted by atomic mass is 10.4. The lowest BCUT2D eigenvalue weighted by Crippen LogP contribution is -2.12. The summed E-state index contributed by atoms with van der Waals surface area (Å²) < 4.78 is 0. The van der Waals surface area contributed by atoms with E-state index in [4.69, 9.17) is 11.6 Å². The fourth-order valence-electron chi connectivity index (χ4n) is 0.588. The van der Waals surface area contributed by atoms with E-state index in [1.807, 2.05) is 20.2 Å². The van der Waals surface area contributed by atoms with Gasteiger partial charge < -0.3 is 4.90 Å². The van der Waals surface area contributed by atoms with E-state index >= 15 is 0 Å². The zero-order valence-corrected chi connectivity index (χ0v) is 7.07. The van der Waals surface area contributed by atoms with Crippen molar-refractivity contribution in [1.29, 1.82) is 0 Å². The van der Waals surface area contributed by atoms with Crippen molar-refractivity contribution in [2.75, 3.05) is 20.6 Å². The molecule has 0 aromatic rings. The summed E-state index contributed by atoms with van der Waals surface area (Å²) in [7, 11) is 4.01. The van der Waals surface area contributed by atoms with Gasteiger partial charge in [0.15, 0.2) is 0 Å². The van der Waals surface area contributed by atoms with Crippen molar-refractivity contribution in [2.24, 2.45) is 0 Å². The average Bonchev–Trinajstić information content (AvgIpc) is 1.63. The first kappa shape index (κ1) is 8.99. The van der Waals surface area contributed by atoms with Crippen LogP contribution in [0, 0.1) is 0 Å². The largest absolute Gasteiger partial charge is 0.304 e. The molecule has 54 valence electrons. The van der Waals surface area contributed by atoms with Gasteiger partial charge in [0.25, 0.3) is 0 Å². The van der Waals surface area contributed by atoms with Crippen LogP contribution in [-0.2, 0) is 0 Å². The minimum absolute atomic E-state index is 0.857. The van der Waals surface area contributed by atoms with Crippen LogP contribution in [0.2, 0.25) is 0 Å². The molecule has 0 atom stereocenters. The van der Waals surface area contributed by atoms with Gasteiger partial charge in [0.2, 0.25) is 0 Å². The summed E-state index contributed by atoms with van der Waals surface area (Å²) in [6.07, 6.45) is 3.05. The number of nitrogens with zero attached hydrogens (tertiary/aromatic N) is 1. The molecule has 0 aliphatic rings. The van der Waals surface area contributed by atoms with E-state index in [1.165, 1.54) is 0 Å². The second-order valence-corrected chi connectivity index (χ2v) is 2.78. The van der Waals surface area contributed by atoms with Gasteiger partial charge in [-0.1, -0.05) is 24.6 Å². The normalized spacial score (nSPS) is 12.8. The molecule has 1 nitrogen and oxygen atoms in total. The van der Waals surface area contributed by atoms with Crippen LogP contribution in [0.3, 0.4) is 0 Å². The lowest BCUT2D eigenvalue weighted by Gasteiger charge is -2.06. The first-order valence-corrected chi connectivity index (χ1v) is 3.54. The summed E-state index contributed by atoms with van der Waals surface area (Å²) in [5, 5.41) is 0.933. The Balaban J connectivity index is 3.49. The summed E-state index contributed by atoms with van der Waals surface area (Å²) >= 11 is 5.80. The van der Waals surface area contributed by atoms with Gasteiger partial charge in [-0.3, -0.25) is 0 Å². The van der Waals surface area contributed by atoms with E-state index in [0.29, 0.717) is 0 Å². The molecule has 0 fully saturated rings. The number of likely N-dealkylation sites (N-methyl/N-ethyl adjacent to an activating group) is 1. The number of allylic oxidation sites excluding steroid dienone is 1. The highest BCUT2D eigenvalue weighted by atomic mass is 35.5. The van der Waals surface area contributed by atoms with Gasteiger partial charge in [0, 0.05) is 11.6 Å². The Morgan fingerprint density at radius 1 is 1.56 bits per heavy atom. The zero-order valence-electron chi connectivity index (χ0n) is 6.32. The SMILES string of the molecule is CC/C=C(\Cl)CN(C)C. The van der Waals surface area contributed by atoms with Gasteiger partial charge in [-0.2, -0.15) is 0 Å². The molecule has 0 radical (unpaired) electrons. The molecule has 0 bridgehead atoms. The summed E-state index contributed by atoms with van der Waals surface area (Å²) in [5.74, 6) is 0. The maximum absolute atomic E-state index is 5.80. The topological polar surface area (TPSA) is 3.24 Å². The number of rotatable bonds is 3. The van der Waals surface area contributed by atoms with Gasteiger partial charge >= 0.3 is 0 Å². The highest BCUT2D eigenvalue weighted by Crippen LogP contribution is 2.02. The Morgan fingerprint density at radius 3 is 2.44 bits per heavy atom. The van der Waals surface area contributed by atoms with Crippen LogP contribution in [0.25, 0.3) is 0 Å². The van der Waals surface area contributed by atoms with Crippen LogP contribution in [0.1, 0.15) is 13.3 Å². The van der Waals surface area contributed by atoms with Crippen LogP contribution in [0.5, 0.6) is 0 Å². The molecule has 0 saturated carbocycles. The van der Waals surface area contributed by atoms with Gasteiger partial charge in [-0.25, -0.2) is 0 Å². The van der Waals surface area contributed by atoms with Crippen LogP contribution in [0.15, 0.2) is 11.1 Å². The molecule has 2 heteroatoms. The molecule has 0 amide bonds. The van der Waals surface area contributed by atoms with E-state index in [0.717, 1.165) is 18.0 Å². The fraction of sp³-hybridized carbons (Fsp3) is 0.714. The fourth-order valence-corrected chi connectivity index (χ4v) is 0.981. The quantitative estimate of drug-likeness (QED) is 0.591. The zero-order chi connectivity index (χ0) is 7.28. The maximum atomic E-state index is 5.80. The van der Waals surface area contributed by atoms with Gasteiger partial charge in [0.1, 0.15) is 0 Å². The Kier molecular flexibility index (Phi) is 4.83. The molecule has 0 aromatic heterocycles. The van der Waals surface area contributed by atoms with Crippen molar-refractivity contribution >= 4 is 11.6 Å². The van der Waals surface area contributed by atoms with E-state index in [-0.39, 0.29) is 0 Å². The van der Waals surface area contributed by atoms with Crippen molar-refractivity contribution in [2.45, 2.75) is 13.3 Å². The van der Waals surface area contributed by atoms with Gasteiger partial charge in [-0.05, 0) is 20.5 Å². The highest BCUT2D eigenvalue weighted by Gasteiger charge is 1.91.